The lowest BCUT2D eigenvalue weighted by atomic mass is 10.0. The van der Waals surface area contributed by atoms with Crippen LogP contribution < -0.4 is 10.1 Å². The first-order valence-corrected chi connectivity index (χ1v) is 5.51. The van der Waals surface area contributed by atoms with E-state index in [0.717, 1.165) is 30.8 Å². The summed E-state index contributed by atoms with van der Waals surface area (Å²) in [7, 11) is 1.61. The van der Waals surface area contributed by atoms with E-state index in [1.165, 1.54) is 0 Å². The molecule has 2 heterocycles. The Morgan fingerprint density at radius 1 is 1.47 bits per heavy atom. The zero-order valence-corrected chi connectivity index (χ0v) is 10.4. The maximum atomic E-state index is 12.2. The predicted octanol–water partition coefficient (Wildman–Crippen LogP) is 1.22. The molecule has 92 valence electrons. The van der Waals surface area contributed by atoms with Crippen LogP contribution in [0.3, 0.4) is 0 Å². The Balaban J connectivity index is 0.00000108. The summed E-state index contributed by atoms with van der Waals surface area (Å²) in [6, 6.07) is 6.00. The maximum absolute atomic E-state index is 12.2. The predicted molar refractivity (Wildman–Crippen MR) is 66.9 cm³/mol. The topological polar surface area (TPSA) is 41.6 Å². The lowest BCUT2D eigenvalue weighted by Gasteiger charge is -2.30. The molecule has 0 spiro atoms. The van der Waals surface area contributed by atoms with Crippen molar-refractivity contribution in [3.63, 3.8) is 0 Å². The van der Waals surface area contributed by atoms with Gasteiger partial charge in [-0.05, 0) is 11.6 Å². The second-order valence-corrected chi connectivity index (χ2v) is 4.14. The van der Waals surface area contributed by atoms with Crippen molar-refractivity contribution in [1.82, 2.24) is 10.2 Å². The van der Waals surface area contributed by atoms with E-state index in [-0.39, 0.29) is 24.4 Å². The van der Waals surface area contributed by atoms with Crippen molar-refractivity contribution in [3.05, 3.63) is 29.3 Å². The maximum Gasteiger partial charge on any atom is 0.258 e. The van der Waals surface area contributed by atoms with E-state index >= 15 is 0 Å². The Labute approximate surface area is 106 Å². The quantitative estimate of drug-likeness (QED) is 0.819. The van der Waals surface area contributed by atoms with Crippen molar-refractivity contribution in [2.75, 3.05) is 26.7 Å². The number of hydrogen-bond donors (Lipinski definition) is 1. The van der Waals surface area contributed by atoms with E-state index < -0.39 is 0 Å². The lowest BCUT2D eigenvalue weighted by molar-refractivity contribution is 0.0689. The number of nitrogens with one attached hydrogen (secondary N) is 1. The van der Waals surface area contributed by atoms with E-state index in [4.69, 9.17) is 4.74 Å². The van der Waals surface area contributed by atoms with Gasteiger partial charge in [-0.2, -0.15) is 0 Å². The fourth-order valence-corrected chi connectivity index (χ4v) is 2.59. The molecule has 1 saturated heterocycles. The summed E-state index contributed by atoms with van der Waals surface area (Å²) in [4.78, 5) is 14.2. The highest BCUT2D eigenvalue weighted by Gasteiger charge is 2.39. The number of piperazine rings is 1. The van der Waals surface area contributed by atoms with Crippen molar-refractivity contribution in [2.45, 2.75) is 6.04 Å². The number of amides is 1. The van der Waals surface area contributed by atoms with Crippen molar-refractivity contribution >= 4 is 18.3 Å². The largest absolute Gasteiger partial charge is 0.496 e. The first-order chi connectivity index (χ1) is 7.83. The summed E-state index contributed by atoms with van der Waals surface area (Å²) in [5.74, 6) is 0.802. The van der Waals surface area contributed by atoms with Gasteiger partial charge >= 0.3 is 0 Å². The molecule has 5 heteroatoms. The minimum absolute atomic E-state index is 0. The molecule has 17 heavy (non-hydrogen) atoms. The molecule has 4 nitrogen and oxygen atoms in total. The Bertz CT molecular complexity index is 450. The van der Waals surface area contributed by atoms with E-state index in [9.17, 15) is 4.79 Å². The van der Waals surface area contributed by atoms with Gasteiger partial charge in [0.25, 0.3) is 5.91 Å². The zero-order chi connectivity index (χ0) is 11.1. The Morgan fingerprint density at radius 2 is 2.29 bits per heavy atom. The molecule has 0 saturated carbocycles. The van der Waals surface area contributed by atoms with Gasteiger partial charge in [0.1, 0.15) is 5.75 Å². The first-order valence-electron chi connectivity index (χ1n) is 5.51. The monoisotopic (exact) mass is 254 g/mol. The van der Waals surface area contributed by atoms with Crippen LogP contribution in [0.1, 0.15) is 22.0 Å². The highest BCUT2D eigenvalue weighted by atomic mass is 35.5. The van der Waals surface area contributed by atoms with Crippen molar-refractivity contribution < 1.29 is 9.53 Å². The van der Waals surface area contributed by atoms with Crippen LogP contribution in [-0.4, -0.2) is 37.6 Å². The van der Waals surface area contributed by atoms with Gasteiger partial charge in [-0.1, -0.05) is 12.1 Å². The molecule has 0 aliphatic carbocycles. The van der Waals surface area contributed by atoms with E-state index in [1.807, 2.05) is 23.1 Å². The van der Waals surface area contributed by atoms with E-state index in [1.54, 1.807) is 7.11 Å². The van der Waals surface area contributed by atoms with Crippen LogP contribution >= 0.6 is 12.4 Å². The zero-order valence-electron chi connectivity index (χ0n) is 9.60. The average molecular weight is 255 g/mol. The smallest absolute Gasteiger partial charge is 0.258 e. The Hall–Kier alpha value is -1.26. The van der Waals surface area contributed by atoms with Gasteiger partial charge in [0.05, 0.1) is 18.7 Å². The molecule has 1 atom stereocenters. The molecule has 0 aromatic heterocycles. The van der Waals surface area contributed by atoms with Gasteiger partial charge in [0, 0.05) is 19.6 Å². The molecule has 1 fully saturated rings. The molecule has 1 aromatic carbocycles. The van der Waals surface area contributed by atoms with Crippen LogP contribution in [0.15, 0.2) is 18.2 Å². The van der Waals surface area contributed by atoms with Gasteiger partial charge < -0.3 is 15.0 Å². The number of halogens is 1. The highest BCUT2D eigenvalue weighted by molar-refractivity contribution is 6.01. The van der Waals surface area contributed by atoms with Crippen molar-refractivity contribution in [1.29, 1.82) is 0 Å². The molecule has 2 aliphatic heterocycles. The van der Waals surface area contributed by atoms with Gasteiger partial charge in [-0.15, -0.1) is 12.4 Å². The minimum atomic E-state index is 0. The molecule has 0 unspecified atom stereocenters. The van der Waals surface area contributed by atoms with Gasteiger partial charge in [-0.25, -0.2) is 0 Å². The second kappa shape index (κ2) is 4.55. The molecule has 3 rings (SSSR count). The third kappa shape index (κ3) is 1.68. The number of rotatable bonds is 1. The lowest BCUT2D eigenvalue weighted by Crippen LogP contribution is -2.44. The normalized spacial score (nSPS) is 21.6. The number of carbonyl (C=O) groups excluding carboxylic acids is 1. The van der Waals surface area contributed by atoms with Crippen LogP contribution in [0.2, 0.25) is 0 Å². The fraction of sp³-hybridized carbons (Fsp3) is 0.417. The second-order valence-electron chi connectivity index (χ2n) is 4.14. The number of ether oxygens (including phenoxy) is 1. The molecule has 1 aromatic rings. The number of carbonyl (C=O) groups is 1. The van der Waals surface area contributed by atoms with Crippen molar-refractivity contribution in [2.24, 2.45) is 0 Å². The summed E-state index contributed by atoms with van der Waals surface area (Å²) in [5.41, 5.74) is 1.84. The summed E-state index contributed by atoms with van der Waals surface area (Å²) in [5, 5.41) is 3.32. The molecule has 1 amide bonds. The highest BCUT2D eigenvalue weighted by Crippen LogP contribution is 2.38. The van der Waals surface area contributed by atoms with E-state index in [2.05, 4.69) is 5.32 Å². The average Bonchev–Trinajstić information content (AvgIpc) is 2.64. The molecular formula is C12H15ClN2O2. The summed E-state index contributed by atoms with van der Waals surface area (Å²) >= 11 is 0. The number of methoxy groups -OCH3 is 1. The minimum Gasteiger partial charge on any atom is -0.496 e. The Morgan fingerprint density at radius 3 is 3.06 bits per heavy atom. The van der Waals surface area contributed by atoms with Crippen LogP contribution in [0.5, 0.6) is 5.75 Å². The first kappa shape index (κ1) is 12.2. The standard InChI is InChI=1S/C12H14N2O2.ClH/c1-16-10-4-2-3-8-9-7-13-5-6-14(9)12(15)11(8)10;/h2-4,9,13H,5-7H2,1H3;1H/t9-;/m0./s1. The number of benzene rings is 1. The summed E-state index contributed by atoms with van der Waals surface area (Å²) in [6.07, 6.45) is 0. The molecule has 0 radical (unpaired) electrons. The molecule has 0 bridgehead atoms. The molecule has 2 aliphatic rings. The van der Waals surface area contributed by atoms with Crippen LogP contribution in [0.25, 0.3) is 0 Å². The van der Waals surface area contributed by atoms with E-state index in [0.29, 0.717) is 5.75 Å². The van der Waals surface area contributed by atoms with Crippen molar-refractivity contribution in [3.8, 4) is 5.75 Å². The third-order valence-electron chi connectivity index (χ3n) is 3.36. The van der Waals surface area contributed by atoms with Gasteiger partial charge in [-0.3, -0.25) is 4.79 Å². The summed E-state index contributed by atoms with van der Waals surface area (Å²) in [6.45, 7) is 2.49. The number of hydrogen-bond acceptors (Lipinski definition) is 3. The number of nitrogens with zero attached hydrogens (tertiary/aromatic N) is 1. The van der Waals surface area contributed by atoms with Gasteiger partial charge in [0.15, 0.2) is 0 Å². The van der Waals surface area contributed by atoms with Crippen LogP contribution in [0.4, 0.5) is 0 Å². The van der Waals surface area contributed by atoms with Gasteiger partial charge in [0.2, 0.25) is 0 Å². The number of fused-ring (bicyclic) bond motifs is 3. The van der Waals surface area contributed by atoms with Crippen LogP contribution in [0, 0.1) is 0 Å². The molecule has 1 N–H and O–H groups in total. The Kier molecular flexibility index (Phi) is 3.26. The molecular weight excluding hydrogens is 240 g/mol. The third-order valence-corrected chi connectivity index (χ3v) is 3.36. The van der Waals surface area contributed by atoms with Crippen LogP contribution in [-0.2, 0) is 0 Å². The summed E-state index contributed by atoms with van der Waals surface area (Å²) < 4.78 is 5.27. The fourth-order valence-electron chi connectivity index (χ4n) is 2.59. The SMILES string of the molecule is COc1cccc2c1C(=O)N1CCNC[C@@H]21.Cl.